The highest BCUT2D eigenvalue weighted by molar-refractivity contribution is 5.62. The van der Waals surface area contributed by atoms with Gasteiger partial charge in [-0.1, -0.05) is 0 Å². The zero-order valence-electron chi connectivity index (χ0n) is 13.1. The summed E-state index contributed by atoms with van der Waals surface area (Å²) in [5, 5.41) is 3.41. The molecule has 3 N–H and O–H groups in total. The maximum atomic E-state index is 13.1. The van der Waals surface area contributed by atoms with Gasteiger partial charge in [0.05, 0.1) is 11.3 Å². The maximum Gasteiger partial charge on any atom is 0.267 e. The van der Waals surface area contributed by atoms with E-state index in [4.69, 9.17) is 10.7 Å². The first-order valence-corrected chi connectivity index (χ1v) is 8.47. The number of nitrogens with two attached hydrogens (primary N) is 1. The molecular weight excluding hydrogens is 312 g/mol. The van der Waals surface area contributed by atoms with Gasteiger partial charge in [0.25, 0.3) is 6.43 Å². The van der Waals surface area contributed by atoms with Crippen LogP contribution in [0, 0.1) is 11.8 Å². The smallest absolute Gasteiger partial charge is 0.267 e. The second-order valence-electron chi connectivity index (χ2n) is 7.14. The molecule has 24 heavy (non-hydrogen) atoms. The van der Waals surface area contributed by atoms with E-state index in [-0.39, 0.29) is 11.4 Å². The molecule has 0 aromatic carbocycles. The first-order valence-electron chi connectivity index (χ1n) is 8.47. The molecule has 2 aromatic rings. The minimum atomic E-state index is -2.63. The van der Waals surface area contributed by atoms with Crippen molar-refractivity contribution in [1.82, 2.24) is 19.9 Å². The largest absolute Gasteiger partial charge is 0.383 e. The van der Waals surface area contributed by atoms with Gasteiger partial charge in [-0.3, -0.25) is 0 Å². The Balaban J connectivity index is 1.54. The number of alkyl halides is 2. The number of imidazole rings is 1. The van der Waals surface area contributed by atoms with Crippen molar-refractivity contribution in [3.8, 4) is 11.3 Å². The predicted molar refractivity (Wildman–Crippen MR) is 85.7 cm³/mol. The van der Waals surface area contributed by atoms with Gasteiger partial charge in [-0.15, -0.1) is 0 Å². The molecule has 3 heterocycles. The number of nitrogen functional groups attached to an aromatic ring is 1. The fraction of sp³-hybridized carbons (Fsp3) is 0.529. The maximum absolute atomic E-state index is 13.1. The lowest BCUT2D eigenvalue weighted by atomic mass is 10.1. The highest BCUT2D eigenvalue weighted by atomic mass is 19.3. The lowest BCUT2D eigenvalue weighted by molar-refractivity contribution is 0.152. The standard InChI is InChI=1S/C17H19F2N5/c18-15(19)10-3-9(4-22-16(10)20)13-7-24(17(23-13)8-1-2-8)14-11-5-21-6-12(11)14/h3-4,7-8,11-12,14-15,21H,1-2,5-6H2,(H2,20,22)/t11-,12+,14?. The molecule has 2 saturated carbocycles. The Labute approximate surface area is 138 Å². The first-order chi connectivity index (χ1) is 11.6. The van der Waals surface area contributed by atoms with Crippen molar-refractivity contribution >= 4 is 5.82 Å². The summed E-state index contributed by atoms with van der Waals surface area (Å²) in [7, 11) is 0. The first kappa shape index (κ1) is 14.3. The third-order valence-electron chi connectivity index (χ3n) is 5.55. The van der Waals surface area contributed by atoms with Gasteiger partial charge in [0, 0.05) is 43.0 Å². The van der Waals surface area contributed by atoms with Crippen LogP contribution in [0.15, 0.2) is 18.5 Å². The Morgan fingerprint density at radius 1 is 1.25 bits per heavy atom. The molecule has 3 atom stereocenters. The lowest BCUT2D eigenvalue weighted by Gasteiger charge is -2.09. The van der Waals surface area contributed by atoms with Crippen molar-refractivity contribution < 1.29 is 8.78 Å². The molecule has 1 unspecified atom stereocenters. The molecule has 2 aromatic heterocycles. The third kappa shape index (κ3) is 2.14. The number of piperidine rings is 1. The number of hydrogen-bond donors (Lipinski definition) is 2. The van der Waals surface area contributed by atoms with Gasteiger partial charge < -0.3 is 15.6 Å². The number of nitrogens with one attached hydrogen (secondary N) is 1. The fourth-order valence-corrected chi connectivity index (χ4v) is 4.03. The van der Waals surface area contributed by atoms with Crippen LogP contribution < -0.4 is 11.1 Å². The molecule has 7 heteroatoms. The zero-order chi connectivity index (χ0) is 16.4. The number of aromatic nitrogens is 3. The predicted octanol–water partition coefficient (Wildman–Crippen LogP) is 2.73. The number of pyridine rings is 1. The number of hydrogen-bond acceptors (Lipinski definition) is 4. The van der Waals surface area contributed by atoms with E-state index in [9.17, 15) is 8.78 Å². The molecule has 0 radical (unpaired) electrons. The quantitative estimate of drug-likeness (QED) is 0.904. The fourth-order valence-electron chi connectivity index (χ4n) is 4.03. The summed E-state index contributed by atoms with van der Waals surface area (Å²) in [6.45, 7) is 2.12. The number of fused-ring (bicyclic) bond motifs is 1. The zero-order valence-corrected chi connectivity index (χ0v) is 13.1. The lowest BCUT2D eigenvalue weighted by Crippen LogP contribution is -2.17. The SMILES string of the molecule is Nc1ncc(-c2cn(C3[C@H]4CNC[C@@H]34)c(C3CC3)n2)cc1C(F)F. The molecule has 5 nitrogen and oxygen atoms in total. The average molecular weight is 331 g/mol. The molecule has 0 bridgehead atoms. The summed E-state index contributed by atoms with van der Waals surface area (Å²) in [5.74, 6) is 2.89. The third-order valence-corrected chi connectivity index (χ3v) is 5.55. The Kier molecular flexibility index (Phi) is 2.98. The van der Waals surface area contributed by atoms with Crippen LogP contribution in [0.5, 0.6) is 0 Å². The van der Waals surface area contributed by atoms with E-state index in [0.29, 0.717) is 29.4 Å². The molecule has 1 aliphatic heterocycles. The van der Waals surface area contributed by atoms with Crippen LogP contribution in [0.4, 0.5) is 14.6 Å². The van der Waals surface area contributed by atoms with Crippen molar-refractivity contribution in [2.24, 2.45) is 11.8 Å². The molecule has 3 aliphatic rings. The van der Waals surface area contributed by atoms with Crippen LogP contribution >= 0.6 is 0 Å². The highest BCUT2D eigenvalue weighted by Gasteiger charge is 2.55. The highest BCUT2D eigenvalue weighted by Crippen LogP contribution is 2.55. The Hall–Kier alpha value is -2.02. The van der Waals surface area contributed by atoms with Crippen molar-refractivity contribution in [3.05, 3.63) is 29.8 Å². The van der Waals surface area contributed by atoms with E-state index in [2.05, 4.69) is 14.9 Å². The van der Waals surface area contributed by atoms with Crippen LogP contribution in [0.25, 0.3) is 11.3 Å². The van der Waals surface area contributed by atoms with E-state index in [1.54, 1.807) is 6.20 Å². The molecule has 3 fully saturated rings. The number of rotatable bonds is 4. The number of anilines is 1. The summed E-state index contributed by atoms with van der Waals surface area (Å²) in [5.41, 5.74) is 6.68. The van der Waals surface area contributed by atoms with E-state index < -0.39 is 6.43 Å². The van der Waals surface area contributed by atoms with Crippen molar-refractivity contribution in [3.63, 3.8) is 0 Å². The second-order valence-corrected chi connectivity index (χ2v) is 7.14. The molecule has 1 saturated heterocycles. The Morgan fingerprint density at radius 2 is 2.00 bits per heavy atom. The number of halogens is 2. The van der Waals surface area contributed by atoms with Gasteiger partial charge >= 0.3 is 0 Å². The van der Waals surface area contributed by atoms with Crippen LogP contribution in [0.2, 0.25) is 0 Å². The normalized spacial score (nSPS) is 28.4. The molecule has 2 aliphatic carbocycles. The van der Waals surface area contributed by atoms with Gasteiger partial charge in [-0.25, -0.2) is 18.7 Å². The Bertz CT molecular complexity index is 788. The monoisotopic (exact) mass is 331 g/mol. The van der Waals surface area contributed by atoms with Crippen molar-refractivity contribution in [2.75, 3.05) is 18.8 Å². The van der Waals surface area contributed by atoms with Crippen LogP contribution in [-0.2, 0) is 0 Å². The summed E-state index contributed by atoms with van der Waals surface area (Å²) < 4.78 is 28.5. The topological polar surface area (TPSA) is 68.8 Å². The van der Waals surface area contributed by atoms with Gasteiger partial charge in [0.15, 0.2) is 0 Å². The van der Waals surface area contributed by atoms with Crippen LogP contribution in [0.1, 0.15) is 42.6 Å². The van der Waals surface area contributed by atoms with Gasteiger partial charge in [0.1, 0.15) is 11.6 Å². The van der Waals surface area contributed by atoms with E-state index in [1.807, 2.05) is 6.20 Å². The van der Waals surface area contributed by atoms with E-state index >= 15 is 0 Å². The van der Waals surface area contributed by atoms with Crippen molar-refractivity contribution in [1.29, 1.82) is 0 Å². The summed E-state index contributed by atoms with van der Waals surface area (Å²) in [6.07, 6.45) is 3.27. The van der Waals surface area contributed by atoms with Gasteiger partial charge in [-0.05, 0) is 30.7 Å². The summed E-state index contributed by atoms with van der Waals surface area (Å²) in [6, 6.07) is 1.94. The minimum absolute atomic E-state index is 0.113. The molecule has 126 valence electrons. The minimum Gasteiger partial charge on any atom is -0.383 e. The summed E-state index contributed by atoms with van der Waals surface area (Å²) in [4.78, 5) is 8.71. The van der Waals surface area contributed by atoms with Gasteiger partial charge in [-0.2, -0.15) is 0 Å². The van der Waals surface area contributed by atoms with Gasteiger partial charge in [0.2, 0.25) is 0 Å². The van der Waals surface area contributed by atoms with Crippen molar-refractivity contribution in [2.45, 2.75) is 31.2 Å². The summed E-state index contributed by atoms with van der Waals surface area (Å²) >= 11 is 0. The van der Waals surface area contributed by atoms with Crippen LogP contribution in [-0.4, -0.2) is 27.6 Å². The molecular formula is C17H19F2N5. The second kappa shape index (κ2) is 4.99. The Morgan fingerprint density at radius 3 is 2.67 bits per heavy atom. The van der Waals surface area contributed by atoms with E-state index in [1.165, 1.54) is 18.9 Å². The van der Waals surface area contributed by atoms with E-state index in [0.717, 1.165) is 24.6 Å². The number of nitrogens with zero attached hydrogens (tertiary/aromatic N) is 3. The molecule has 0 spiro atoms. The molecule has 5 rings (SSSR count). The average Bonchev–Trinajstić information content (AvgIpc) is 3.43. The molecule has 0 amide bonds. The van der Waals surface area contributed by atoms with Crippen LogP contribution in [0.3, 0.4) is 0 Å².